The molecule has 2 atom stereocenters. The summed E-state index contributed by atoms with van der Waals surface area (Å²) in [7, 11) is 1.61. The lowest BCUT2D eigenvalue weighted by Crippen LogP contribution is -2.30. The van der Waals surface area contributed by atoms with E-state index in [9.17, 15) is 14.7 Å². The van der Waals surface area contributed by atoms with E-state index in [0.29, 0.717) is 24.7 Å². The van der Waals surface area contributed by atoms with E-state index in [1.165, 1.54) is 0 Å². The third-order valence-electron chi connectivity index (χ3n) is 5.26. The molecule has 4 rings (SSSR count). The van der Waals surface area contributed by atoms with Gasteiger partial charge in [-0.15, -0.1) is 0 Å². The Hall–Kier alpha value is -2.50. The van der Waals surface area contributed by atoms with E-state index in [1.54, 1.807) is 18.1 Å². The minimum Gasteiger partial charge on any atom is -0.497 e. The van der Waals surface area contributed by atoms with Gasteiger partial charge in [-0.25, -0.2) is 0 Å². The summed E-state index contributed by atoms with van der Waals surface area (Å²) in [5, 5.41) is 10.4. The van der Waals surface area contributed by atoms with Crippen molar-refractivity contribution >= 4 is 22.8 Å². The number of likely N-dealkylation sites (tertiary alicyclic amines) is 1. The highest BCUT2D eigenvalue weighted by Crippen LogP contribution is 2.44. The highest BCUT2D eigenvalue weighted by atomic mass is 16.5. The topological polar surface area (TPSA) is 82.6 Å². The molecular formula is C18H20N2O4. The molecule has 0 radical (unpaired) electrons. The van der Waals surface area contributed by atoms with Crippen LogP contribution in [-0.2, 0) is 4.79 Å². The maximum Gasteiger partial charge on any atom is 0.308 e. The predicted molar refractivity (Wildman–Crippen MR) is 88.1 cm³/mol. The molecule has 2 heterocycles. The first-order valence-corrected chi connectivity index (χ1v) is 8.25. The minimum atomic E-state index is -0.788. The Kier molecular flexibility index (Phi) is 3.48. The fourth-order valence-electron chi connectivity index (χ4n) is 3.78. The van der Waals surface area contributed by atoms with Crippen molar-refractivity contribution in [3.63, 3.8) is 0 Å². The van der Waals surface area contributed by atoms with Crippen LogP contribution in [-0.4, -0.2) is 47.1 Å². The summed E-state index contributed by atoms with van der Waals surface area (Å²) in [6.45, 7) is 0.840. The number of amides is 1. The average molecular weight is 328 g/mol. The number of nitrogens with zero attached hydrogens (tertiary/aromatic N) is 1. The van der Waals surface area contributed by atoms with Gasteiger partial charge in [0.1, 0.15) is 11.4 Å². The summed E-state index contributed by atoms with van der Waals surface area (Å²) >= 11 is 0. The molecule has 0 bridgehead atoms. The second kappa shape index (κ2) is 5.54. The minimum absolute atomic E-state index is 0.0934. The molecule has 6 nitrogen and oxygen atoms in total. The zero-order valence-corrected chi connectivity index (χ0v) is 13.5. The Bertz CT molecular complexity index is 808. The van der Waals surface area contributed by atoms with E-state index < -0.39 is 11.9 Å². The summed E-state index contributed by atoms with van der Waals surface area (Å²) < 4.78 is 5.21. The molecule has 2 aromatic rings. The third kappa shape index (κ3) is 2.52. The average Bonchev–Trinajstić information content (AvgIpc) is 3.18. The van der Waals surface area contributed by atoms with Gasteiger partial charge in [0.05, 0.1) is 13.0 Å². The molecule has 6 heteroatoms. The van der Waals surface area contributed by atoms with Crippen molar-refractivity contribution < 1.29 is 19.4 Å². The number of ether oxygens (including phenoxy) is 1. The number of fused-ring (bicyclic) bond motifs is 1. The number of carboxylic acids is 1. The summed E-state index contributed by atoms with van der Waals surface area (Å²) in [5.74, 6) is -0.0534. The number of hydrogen-bond acceptors (Lipinski definition) is 3. The fourth-order valence-corrected chi connectivity index (χ4v) is 3.78. The van der Waals surface area contributed by atoms with Crippen LogP contribution in [0.3, 0.4) is 0 Å². The van der Waals surface area contributed by atoms with Crippen molar-refractivity contribution in [1.82, 2.24) is 9.88 Å². The van der Waals surface area contributed by atoms with Gasteiger partial charge < -0.3 is 19.7 Å². The number of hydrogen-bond donors (Lipinski definition) is 2. The van der Waals surface area contributed by atoms with Crippen LogP contribution in [0.25, 0.3) is 10.9 Å². The smallest absolute Gasteiger partial charge is 0.308 e. The molecule has 24 heavy (non-hydrogen) atoms. The van der Waals surface area contributed by atoms with Crippen LogP contribution in [0.2, 0.25) is 0 Å². The lowest BCUT2D eigenvalue weighted by atomic mass is 9.92. The number of carboxylic acid groups (broad SMARTS) is 1. The maximum absolute atomic E-state index is 12.8. The van der Waals surface area contributed by atoms with Gasteiger partial charge in [0.15, 0.2) is 0 Å². The third-order valence-corrected chi connectivity index (χ3v) is 5.26. The van der Waals surface area contributed by atoms with Gasteiger partial charge >= 0.3 is 5.97 Å². The first-order valence-electron chi connectivity index (χ1n) is 8.25. The van der Waals surface area contributed by atoms with Gasteiger partial charge in [-0.05, 0) is 48.9 Å². The Labute approximate surface area is 139 Å². The van der Waals surface area contributed by atoms with E-state index in [-0.39, 0.29) is 11.8 Å². The summed E-state index contributed by atoms with van der Waals surface area (Å²) in [6, 6.07) is 7.40. The van der Waals surface area contributed by atoms with Crippen molar-refractivity contribution in [2.24, 2.45) is 17.8 Å². The van der Waals surface area contributed by atoms with E-state index in [0.717, 1.165) is 29.5 Å². The van der Waals surface area contributed by atoms with Crippen LogP contribution in [0.5, 0.6) is 5.75 Å². The largest absolute Gasteiger partial charge is 0.497 e. The molecule has 2 fully saturated rings. The number of nitrogens with one attached hydrogen (secondary N) is 1. The van der Waals surface area contributed by atoms with Crippen molar-refractivity contribution in [1.29, 1.82) is 0 Å². The number of carbonyl (C=O) groups excluding carboxylic acids is 1. The van der Waals surface area contributed by atoms with Gasteiger partial charge in [-0.2, -0.15) is 0 Å². The Morgan fingerprint density at radius 3 is 2.71 bits per heavy atom. The molecule has 1 aromatic heterocycles. The first-order chi connectivity index (χ1) is 11.6. The van der Waals surface area contributed by atoms with E-state index in [2.05, 4.69) is 4.98 Å². The van der Waals surface area contributed by atoms with Gasteiger partial charge in [0.2, 0.25) is 0 Å². The Morgan fingerprint density at radius 2 is 2.04 bits per heavy atom. The predicted octanol–water partition coefficient (Wildman–Crippen LogP) is 2.36. The van der Waals surface area contributed by atoms with Crippen LogP contribution in [0.1, 0.15) is 23.3 Å². The normalized spacial score (nSPS) is 23.6. The van der Waals surface area contributed by atoms with Crippen molar-refractivity contribution in [3.05, 3.63) is 30.0 Å². The summed E-state index contributed by atoms with van der Waals surface area (Å²) in [6.07, 6.45) is 2.17. The number of methoxy groups -OCH3 is 1. The van der Waals surface area contributed by atoms with Crippen molar-refractivity contribution in [2.45, 2.75) is 12.8 Å². The molecule has 0 unspecified atom stereocenters. The zero-order valence-electron chi connectivity index (χ0n) is 13.5. The van der Waals surface area contributed by atoms with Crippen LogP contribution >= 0.6 is 0 Å². The number of aromatic nitrogens is 1. The molecule has 1 amide bonds. The standard InChI is InChI=1S/C18H20N2O4/c1-24-12-4-5-15-11(6-12)7-16(19-15)17(21)20-8-13(10-2-3-10)14(9-20)18(22)23/h4-7,10,13-14,19H,2-3,8-9H2,1H3,(H,22,23)/t13-,14+/m1/s1. The van der Waals surface area contributed by atoms with Gasteiger partial charge in [0, 0.05) is 24.0 Å². The highest BCUT2D eigenvalue weighted by Gasteiger charge is 2.47. The first kappa shape index (κ1) is 15.1. The summed E-state index contributed by atoms with van der Waals surface area (Å²) in [5.41, 5.74) is 1.37. The number of carbonyl (C=O) groups is 2. The molecule has 126 valence electrons. The lowest BCUT2D eigenvalue weighted by Gasteiger charge is -2.15. The van der Waals surface area contributed by atoms with Crippen LogP contribution in [0, 0.1) is 17.8 Å². The number of rotatable bonds is 4. The summed E-state index contributed by atoms with van der Waals surface area (Å²) in [4.78, 5) is 29.1. The van der Waals surface area contributed by atoms with E-state index in [4.69, 9.17) is 4.74 Å². The number of H-pyrrole nitrogens is 1. The quantitative estimate of drug-likeness (QED) is 0.902. The van der Waals surface area contributed by atoms with Gasteiger partial charge in [-0.1, -0.05) is 0 Å². The Balaban J connectivity index is 1.58. The number of benzene rings is 1. The van der Waals surface area contributed by atoms with Crippen molar-refractivity contribution in [2.75, 3.05) is 20.2 Å². The molecule has 1 aliphatic heterocycles. The highest BCUT2D eigenvalue weighted by molar-refractivity contribution is 5.98. The molecule has 1 saturated heterocycles. The Morgan fingerprint density at radius 1 is 1.25 bits per heavy atom. The van der Waals surface area contributed by atoms with E-state index in [1.807, 2.05) is 18.2 Å². The molecular weight excluding hydrogens is 308 g/mol. The second-order valence-electron chi connectivity index (χ2n) is 6.79. The second-order valence-corrected chi connectivity index (χ2v) is 6.79. The zero-order chi connectivity index (χ0) is 16.8. The van der Waals surface area contributed by atoms with Crippen LogP contribution < -0.4 is 4.74 Å². The van der Waals surface area contributed by atoms with Gasteiger partial charge in [-0.3, -0.25) is 9.59 Å². The number of aromatic amines is 1. The molecule has 1 saturated carbocycles. The molecule has 2 N–H and O–H groups in total. The SMILES string of the molecule is COc1ccc2[nH]c(C(=O)N3C[C@H](C(=O)O)[C@@H](C4CC4)C3)cc2c1. The van der Waals surface area contributed by atoms with Gasteiger partial charge in [0.25, 0.3) is 5.91 Å². The fraction of sp³-hybridized carbons (Fsp3) is 0.444. The molecule has 1 aromatic carbocycles. The molecule has 1 aliphatic carbocycles. The maximum atomic E-state index is 12.8. The number of aliphatic carboxylic acids is 1. The lowest BCUT2D eigenvalue weighted by molar-refractivity contribution is -0.142. The monoisotopic (exact) mass is 328 g/mol. The van der Waals surface area contributed by atoms with Crippen molar-refractivity contribution in [3.8, 4) is 5.75 Å². The molecule has 2 aliphatic rings. The van der Waals surface area contributed by atoms with Crippen LogP contribution in [0.15, 0.2) is 24.3 Å². The van der Waals surface area contributed by atoms with E-state index >= 15 is 0 Å². The van der Waals surface area contributed by atoms with Crippen LogP contribution in [0.4, 0.5) is 0 Å². The molecule has 0 spiro atoms.